The Morgan fingerprint density at radius 3 is 2.60 bits per heavy atom. The van der Waals surface area contributed by atoms with E-state index in [-0.39, 0.29) is 18.5 Å². The molecule has 4 aromatic rings. The maximum Gasteiger partial charge on any atom is 0.254 e. The molecule has 35 heavy (non-hydrogen) atoms. The van der Waals surface area contributed by atoms with Gasteiger partial charge in [0.15, 0.2) is 0 Å². The van der Waals surface area contributed by atoms with Crippen molar-refractivity contribution in [3.63, 3.8) is 0 Å². The summed E-state index contributed by atoms with van der Waals surface area (Å²) in [6.07, 6.45) is 0.785. The molecule has 7 heteroatoms. The van der Waals surface area contributed by atoms with Crippen molar-refractivity contribution < 1.29 is 14.1 Å². The van der Waals surface area contributed by atoms with Gasteiger partial charge in [-0.2, -0.15) is 4.98 Å². The Morgan fingerprint density at radius 2 is 1.86 bits per heavy atom. The lowest BCUT2D eigenvalue weighted by Crippen LogP contribution is -2.37. The summed E-state index contributed by atoms with van der Waals surface area (Å²) in [6, 6.07) is 22.6. The average Bonchev–Trinajstić information content (AvgIpc) is 3.35. The number of nitrogens with zero attached hydrogens (tertiary/aromatic N) is 3. The van der Waals surface area contributed by atoms with E-state index in [0.29, 0.717) is 34.7 Å². The Morgan fingerprint density at radius 1 is 1.09 bits per heavy atom. The van der Waals surface area contributed by atoms with Gasteiger partial charge in [-0.25, -0.2) is 0 Å². The Labute approximate surface area is 210 Å². The molecule has 0 bridgehead atoms. The molecule has 0 spiro atoms. The van der Waals surface area contributed by atoms with Crippen molar-refractivity contribution in [2.45, 2.75) is 46.4 Å². The van der Waals surface area contributed by atoms with Gasteiger partial charge in [-0.05, 0) is 44.5 Å². The van der Waals surface area contributed by atoms with Crippen LogP contribution >= 0.6 is 11.6 Å². The molecule has 0 aliphatic heterocycles. The lowest BCUT2D eigenvalue weighted by molar-refractivity contribution is 0.0646. The molecule has 1 heterocycles. The zero-order valence-corrected chi connectivity index (χ0v) is 20.8. The summed E-state index contributed by atoms with van der Waals surface area (Å²) in [6.45, 7) is 6.61. The van der Waals surface area contributed by atoms with Gasteiger partial charge >= 0.3 is 0 Å². The minimum Gasteiger partial charge on any atom is -0.489 e. The molecular weight excluding hydrogens is 462 g/mol. The SMILES string of the molecule is CC[C@H](C)N(Cc1nc(-c2ccc(C)cc2)no1)C(=O)c1cccc(OCc2ccccc2Cl)c1. The first-order chi connectivity index (χ1) is 16.9. The van der Waals surface area contributed by atoms with Crippen LogP contribution < -0.4 is 4.74 Å². The van der Waals surface area contributed by atoms with Gasteiger partial charge in [0, 0.05) is 27.8 Å². The number of hydrogen-bond donors (Lipinski definition) is 0. The van der Waals surface area contributed by atoms with Crippen molar-refractivity contribution in [1.29, 1.82) is 0 Å². The lowest BCUT2D eigenvalue weighted by Gasteiger charge is -2.27. The van der Waals surface area contributed by atoms with Crippen LogP contribution in [-0.2, 0) is 13.2 Å². The molecule has 6 nitrogen and oxygen atoms in total. The molecule has 0 saturated heterocycles. The van der Waals surface area contributed by atoms with Crippen LogP contribution in [0.4, 0.5) is 0 Å². The molecule has 1 amide bonds. The van der Waals surface area contributed by atoms with E-state index >= 15 is 0 Å². The van der Waals surface area contributed by atoms with Crippen molar-refractivity contribution in [3.8, 4) is 17.1 Å². The van der Waals surface area contributed by atoms with E-state index in [4.69, 9.17) is 20.9 Å². The van der Waals surface area contributed by atoms with Gasteiger partial charge < -0.3 is 14.2 Å². The second-order valence-corrected chi connectivity index (χ2v) is 8.88. The van der Waals surface area contributed by atoms with E-state index in [0.717, 1.165) is 23.1 Å². The minimum atomic E-state index is -0.127. The largest absolute Gasteiger partial charge is 0.489 e. The first-order valence-corrected chi connectivity index (χ1v) is 12.0. The number of carbonyl (C=O) groups excluding carboxylic acids is 1. The maximum absolute atomic E-state index is 13.5. The van der Waals surface area contributed by atoms with Crippen LogP contribution in [0.2, 0.25) is 5.02 Å². The number of aryl methyl sites for hydroxylation is 1. The van der Waals surface area contributed by atoms with E-state index in [2.05, 4.69) is 10.1 Å². The molecule has 4 rings (SSSR count). The van der Waals surface area contributed by atoms with Gasteiger partial charge in [0.25, 0.3) is 5.91 Å². The summed E-state index contributed by atoms with van der Waals surface area (Å²) in [7, 11) is 0. The number of aromatic nitrogens is 2. The standard InChI is InChI=1S/C28H28ClN3O3/c1-4-20(3)32(17-26-30-27(31-35-26)21-14-12-19(2)13-15-21)28(33)22-9-7-10-24(16-22)34-18-23-8-5-6-11-25(23)29/h5-16,20H,4,17-18H2,1-3H3/t20-/m0/s1. The summed E-state index contributed by atoms with van der Waals surface area (Å²) in [5.41, 5.74) is 3.44. The van der Waals surface area contributed by atoms with Gasteiger partial charge in [0.1, 0.15) is 18.9 Å². The highest BCUT2D eigenvalue weighted by Gasteiger charge is 2.24. The molecular formula is C28H28ClN3O3. The normalized spacial score (nSPS) is 11.8. The van der Waals surface area contributed by atoms with Crippen molar-refractivity contribution in [2.75, 3.05) is 0 Å². The highest BCUT2D eigenvalue weighted by Crippen LogP contribution is 2.23. The lowest BCUT2D eigenvalue weighted by atomic mass is 10.1. The predicted octanol–water partition coefficient (Wildman–Crippen LogP) is 6.72. The monoisotopic (exact) mass is 489 g/mol. The van der Waals surface area contributed by atoms with E-state index in [1.165, 1.54) is 0 Å². The van der Waals surface area contributed by atoms with Crippen LogP contribution in [0, 0.1) is 6.92 Å². The summed E-state index contributed by atoms with van der Waals surface area (Å²) in [5.74, 6) is 1.36. The Bertz CT molecular complexity index is 1290. The molecule has 180 valence electrons. The van der Waals surface area contributed by atoms with Crippen molar-refractivity contribution >= 4 is 17.5 Å². The van der Waals surface area contributed by atoms with Crippen LogP contribution in [0.25, 0.3) is 11.4 Å². The molecule has 0 aliphatic rings. The molecule has 0 radical (unpaired) electrons. The number of amides is 1. The molecule has 0 N–H and O–H groups in total. The fourth-order valence-electron chi connectivity index (χ4n) is 3.59. The predicted molar refractivity (Wildman–Crippen MR) is 136 cm³/mol. The molecule has 0 fully saturated rings. The summed E-state index contributed by atoms with van der Waals surface area (Å²) < 4.78 is 11.4. The molecule has 0 aliphatic carbocycles. The highest BCUT2D eigenvalue weighted by atomic mass is 35.5. The fourth-order valence-corrected chi connectivity index (χ4v) is 3.78. The number of ether oxygens (including phenoxy) is 1. The summed E-state index contributed by atoms with van der Waals surface area (Å²) in [4.78, 5) is 19.8. The van der Waals surface area contributed by atoms with Crippen LogP contribution in [0.3, 0.4) is 0 Å². The van der Waals surface area contributed by atoms with Crippen molar-refractivity contribution in [1.82, 2.24) is 15.0 Å². The fraction of sp³-hybridized carbons (Fsp3) is 0.250. The molecule has 0 unspecified atom stereocenters. The van der Waals surface area contributed by atoms with Gasteiger partial charge in [0.2, 0.25) is 11.7 Å². The minimum absolute atomic E-state index is 0.0232. The van der Waals surface area contributed by atoms with Crippen LogP contribution in [0.15, 0.2) is 77.3 Å². The number of rotatable bonds is 9. The summed E-state index contributed by atoms with van der Waals surface area (Å²) in [5, 5.41) is 4.75. The number of benzene rings is 3. The molecule has 1 aromatic heterocycles. The van der Waals surface area contributed by atoms with Crippen molar-refractivity contribution in [2.24, 2.45) is 0 Å². The van der Waals surface area contributed by atoms with Gasteiger partial charge in [-0.3, -0.25) is 4.79 Å². The number of hydrogen-bond acceptors (Lipinski definition) is 5. The van der Waals surface area contributed by atoms with Crippen molar-refractivity contribution in [3.05, 3.63) is 100 Å². The zero-order valence-electron chi connectivity index (χ0n) is 20.1. The Kier molecular flexibility index (Phi) is 7.83. The second-order valence-electron chi connectivity index (χ2n) is 8.48. The Balaban J connectivity index is 1.50. The maximum atomic E-state index is 13.5. The van der Waals surface area contributed by atoms with E-state index in [1.54, 1.807) is 17.0 Å². The van der Waals surface area contributed by atoms with Crippen LogP contribution in [0.1, 0.15) is 47.6 Å². The van der Waals surface area contributed by atoms with E-state index in [1.807, 2.05) is 81.4 Å². The van der Waals surface area contributed by atoms with Gasteiger partial charge in [0.05, 0.1) is 0 Å². The quantitative estimate of drug-likeness (QED) is 0.261. The van der Waals surface area contributed by atoms with E-state index < -0.39 is 0 Å². The molecule has 1 atom stereocenters. The zero-order chi connectivity index (χ0) is 24.8. The third-order valence-corrected chi connectivity index (χ3v) is 6.27. The topological polar surface area (TPSA) is 68.5 Å². The second kappa shape index (κ2) is 11.2. The summed E-state index contributed by atoms with van der Waals surface area (Å²) >= 11 is 6.23. The highest BCUT2D eigenvalue weighted by molar-refractivity contribution is 6.31. The average molecular weight is 490 g/mol. The molecule has 3 aromatic carbocycles. The number of carbonyl (C=O) groups is 1. The molecule has 0 saturated carbocycles. The van der Waals surface area contributed by atoms with Gasteiger partial charge in [-0.1, -0.05) is 77.8 Å². The first kappa shape index (κ1) is 24.5. The first-order valence-electron chi connectivity index (χ1n) is 11.6. The smallest absolute Gasteiger partial charge is 0.254 e. The van der Waals surface area contributed by atoms with Gasteiger partial charge in [-0.15, -0.1) is 0 Å². The third kappa shape index (κ3) is 6.08. The van der Waals surface area contributed by atoms with Crippen LogP contribution in [0.5, 0.6) is 5.75 Å². The third-order valence-electron chi connectivity index (χ3n) is 5.90. The number of halogens is 1. The van der Waals surface area contributed by atoms with E-state index in [9.17, 15) is 4.79 Å². The Hall–Kier alpha value is -3.64. The van der Waals surface area contributed by atoms with Crippen LogP contribution in [-0.4, -0.2) is 27.0 Å².